The molecule has 3 aliphatic rings. The van der Waals surface area contributed by atoms with Crippen molar-refractivity contribution < 1.29 is 4.74 Å². The van der Waals surface area contributed by atoms with Crippen molar-refractivity contribution in [1.29, 1.82) is 0 Å². The lowest BCUT2D eigenvalue weighted by Gasteiger charge is -2.32. The molecule has 2 aliphatic carbocycles. The molecule has 1 heterocycles. The van der Waals surface area contributed by atoms with Gasteiger partial charge in [0.2, 0.25) is 0 Å². The second-order valence-corrected chi connectivity index (χ2v) is 12.8. The Morgan fingerprint density at radius 2 is 0.957 bits per heavy atom. The summed E-state index contributed by atoms with van der Waals surface area (Å²) >= 11 is 0. The summed E-state index contributed by atoms with van der Waals surface area (Å²) in [4.78, 5) is 0. The molecule has 11 rings (SSSR count). The van der Waals surface area contributed by atoms with Crippen molar-refractivity contribution in [3.63, 3.8) is 0 Å². The zero-order valence-corrected chi connectivity index (χ0v) is 24.9. The van der Waals surface area contributed by atoms with E-state index in [-0.39, 0.29) is 0 Å². The summed E-state index contributed by atoms with van der Waals surface area (Å²) in [6.07, 6.45) is 0. The molecule has 46 heavy (non-hydrogen) atoms. The van der Waals surface area contributed by atoms with Gasteiger partial charge >= 0.3 is 0 Å². The van der Waals surface area contributed by atoms with E-state index in [1.807, 2.05) is 0 Å². The van der Waals surface area contributed by atoms with Crippen LogP contribution in [0.25, 0.3) is 66.1 Å². The molecular formula is C45H26O. The van der Waals surface area contributed by atoms with Crippen molar-refractivity contribution in [1.82, 2.24) is 0 Å². The van der Waals surface area contributed by atoms with Gasteiger partial charge in [0.05, 0.1) is 5.41 Å². The van der Waals surface area contributed by atoms with Crippen LogP contribution in [0, 0.1) is 0 Å². The lowest BCUT2D eigenvalue weighted by molar-refractivity contribution is 0.487. The normalized spacial score (nSPS) is 16.1. The Kier molecular flexibility index (Phi) is 4.57. The average Bonchev–Trinajstić information content (AvgIpc) is 3.57. The number of hydrogen-bond donors (Lipinski definition) is 0. The molecule has 212 valence electrons. The Labute approximate surface area is 267 Å². The third-order valence-corrected chi connectivity index (χ3v) is 10.6. The highest BCUT2D eigenvalue weighted by Crippen LogP contribution is 2.65. The minimum atomic E-state index is -0.437. The van der Waals surface area contributed by atoms with Gasteiger partial charge in [-0.05, 0) is 108 Å². The molecule has 8 aromatic rings. The lowest BCUT2D eigenvalue weighted by atomic mass is 9.68. The zero-order chi connectivity index (χ0) is 30.0. The first-order valence-electron chi connectivity index (χ1n) is 16.0. The van der Waals surface area contributed by atoms with Crippen LogP contribution in [-0.2, 0) is 5.41 Å². The maximum atomic E-state index is 6.67. The molecular weight excluding hydrogens is 556 g/mol. The van der Waals surface area contributed by atoms with Gasteiger partial charge in [0.1, 0.15) is 11.5 Å². The Morgan fingerprint density at radius 1 is 0.348 bits per heavy atom. The van der Waals surface area contributed by atoms with Gasteiger partial charge in [-0.1, -0.05) is 127 Å². The highest BCUT2D eigenvalue weighted by Gasteiger charge is 2.52. The number of benzene rings is 8. The van der Waals surface area contributed by atoms with Crippen molar-refractivity contribution in [2.45, 2.75) is 5.41 Å². The predicted molar refractivity (Wildman–Crippen MR) is 189 cm³/mol. The van der Waals surface area contributed by atoms with Crippen molar-refractivity contribution in [2.75, 3.05) is 0 Å². The second-order valence-electron chi connectivity index (χ2n) is 12.8. The maximum absolute atomic E-state index is 6.67. The van der Waals surface area contributed by atoms with Crippen LogP contribution >= 0.6 is 0 Å². The molecule has 0 saturated heterocycles. The highest BCUT2D eigenvalue weighted by atomic mass is 16.5. The van der Waals surface area contributed by atoms with Crippen LogP contribution in [0.1, 0.15) is 22.3 Å². The molecule has 1 aliphatic heterocycles. The molecule has 0 radical (unpaired) electrons. The van der Waals surface area contributed by atoms with Gasteiger partial charge in [-0.2, -0.15) is 0 Å². The molecule has 0 bridgehead atoms. The van der Waals surface area contributed by atoms with Gasteiger partial charge in [-0.15, -0.1) is 0 Å². The van der Waals surface area contributed by atoms with Crippen LogP contribution in [0.3, 0.4) is 0 Å². The van der Waals surface area contributed by atoms with Crippen molar-refractivity contribution in [2.24, 2.45) is 0 Å². The first kappa shape index (κ1) is 24.4. The standard InChI is InChI=1S/C45H26O/c1-2-11-29-25-40-37(24-28(29)10-1)33-15-4-6-20-39(33)45(40)38-19-5-3-14-32(38)36-18-9-16-31(44(36)45)30-22-23-34-35-17-7-12-27-13-8-21-41(43(27)35)46-42(34)26-30/h1-26H. The molecule has 1 atom stereocenters. The van der Waals surface area contributed by atoms with E-state index in [9.17, 15) is 0 Å². The molecule has 0 N–H and O–H groups in total. The predicted octanol–water partition coefficient (Wildman–Crippen LogP) is 11.8. The van der Waals surface area contributed by atoms with Gasteiger partial charge in [0, 0.05) is 10.9 Å². The minimum absolute atomic E-state index is 0.437. The number of hydrogen-bond acceptors (Lipinski definition) is 1. The summed E-state index contributed by atoms with van der Waals surface area (Å²) in [6, 6.07) is 58.3. The van der Waals surface area contributed by atoms with E-state index >= 15 is 0 Å². The third-order valence-electron chi connectivity index (χ3n) is 10.6. The van der Waals surface area contributed by atoms with Crippen LogP contribution in [0.4, 0.5) is 0 Å². The van der Waals surface area contributed by atoms with Crippen molar-refractivity contribution in [3.05, 3.63) is 180 Å². The Hall–Kier alpha value is -5.92. The molecule has 1 unspecified atom stereocenters. The molecule has 1 heteroatoms. The van der Waals surface area contributed by atoms with E-state index in [0.29, 0.717) is 0 Å². The highest BCUT2D eigenvalue weighted by molar-refractivity contribution is 6.05. The molecule has 0 saturated carbocycles. The number of rotatable bonds is 1. The van der Waals surface area contributed by atoms with Gasteiger partial charge in [0.25, 0.3) is 0 Å². The van der Waals surface area contributed by atoms with E-state index in [4.69, 9.17) is 4.74 Å². The Morgan fingerprint density at radius 3 is 1.78 bits per heavy atom. The topological polar surface area (TPSA) is 9.23 Å². The van der Waals surface area contributed by atoms with Crippen LogP contribution in [0.2, 0.25) is 0 Å². The Bertz CT molecular complexity index is 2620. The van der Waals surface area contributed by atoms with Crippen LogP contribution in [-0.4, -0.2) is 0 Å². The molecule has 8 aromatic carbocycles. The number of fused-ring (bicyclic) bond motifs is 13. The Balaban J connectivity index is 1.23. The van der Waals surface area contributed by atoms with Crippen LogP contribution in [0.15, 0.2) is 158 Å². The monoisotopic (exact) mass is 582 g/mol. The summed E-state index contributed by atoms with van der Waals surface area (Å²) in [5, 5.41) is 4.94. The molecule has 0 aromatic heterocycles. The quantitative estimate of drug-likeness (QED) is 0.187. The van der Waals surface area contributed by atoms with Gasteiger partial charge in [-0.25, -0.2) is 0 Å². The van der Waals surface area contributed by atoms with E-state index in [1.54, 1.807) is 0 Å². The minimum Gasteiger partial charge on any atom is -0.456 e. The zero-order valence-electron chi connectivity index (χ0n) is 24.9. The second kappa shape index (κ2) is 8.62. The first-order valence-corrected chi connectivity index (χ1v) is 16.0. The van der Waals surface area contributed by atoms with Gasteiger partial charge in [-0.3, -0.25) is 0 Å². The van der Waals surface area contributed by atoms with E-state index < -0.39 is 5.41 Å². The lowest BCUT2D eigenvalue weighted by Crippen LogP contribution is -2.26. The third kappa shape index (κ3) is 2.91. The fourth-order valence-electron chi connectivity index (χ4n) is 8.86. The molecule has 0 fully saturated rings. The largest absolute Gasteiger partial charge is 0.456 e. The van der Waals surface area contributed by atoms with Crippen molar-refractivity contribution in [3.8, 4) is 56.0 Å². The summed E-state index contributed by atoms with van der Waals surface area (Å²) < 4.78 is 6.67. The van der Waals surface area contributed by atoms with E-state index in [1.165, 1.54) is 82.7 Å². The maximum Gasteiger partial charge on any atom is 0.135 e. The molecule has 1 spiro atoms. The van der Waals surface area contributed by atoms with Crippen LogP contribution in [0.5, 0.6) is 11.5 Å². The van der Waals surface area contributed by atoms with Crippen molar-refractivity contribution >= 4 is 21.5 Å². The summed E-state index contributed by atoms with van der Waals surface area (Å²) in [5.41, 5.74) is 15.0. The fourth-order valence-corrected chi connectivity index (χ4v) is 8.86. The summed E-state index contributed by atoms with van der Waals surface area (Å²) in [7, 11) is 0. The molecule has 0 amide bonds. The smallest absolute Gasteiger partial charge is 0.135 e. The van der Waals surface area contributed by atoms with E-state index in [0.717, 1.165) is 17.1 Å². The fraction of sp³-hybridized carbons (Fsp3) is 0.0222. The summed E-state index contributed by atoms with van der Waals surface area (Å²) in [6.45, 7) is 0. The van der Waals surface area contributed by atoms with Gasteiger partial charge < -0.3 is 4.74 Å². The average molecular weight is 583 g/mol. The van der Waals surface area contributed by atoms with Gasteiger partial charge in [0.15, 0.2) is 0 Å². The van der Waals surface area contributed by atoms with E-state index in [2.05, 4.69) is 158 Å². The number of ether oxygens (including phenoxy) is 1. The molecule has 1 nitrogen and oxygen atoms in total. The summed E-state index contributed by atoms with van der Waals surface area (Å²) in [5.74, 6) is 1.83. The SMILES string of the molecule is c1ccc2c(c1)-c1cc3ccccc3cc1C21c2ccccc2-c2cccc(-c3ccc4c(c3)Oc3cccc5cccc-4c35)c21. The first-order chi connectivity index (χ1) is 22.8. The van der Waals surface area contributed by atoms with Crippen LogP contribution < -0.4 is 4.74 Å².